The van der Waals surface area contributed by atoms with E-state index in [9.17, 15) is 18.0 Å². The molecule has 2 heterocycles. The molecule has 1 fully saturated rings. The van der Waals surface area contributed by atoms with Crippen molar-refractivity contribution >= 4 is 11.8 Å². The van der Waals surface area contributed by atoms with Gasteiger partial charge in [0.25, 0.3) is 5.95 Å². The molecule has 0 amide bonds. The van der Waals surface area contributed by atoms with E-state index >= 15 is 0 Å². The summed E-state index contributed by atoms with van der Waals surface area (Å²) in [5, 5.41) is 0. The zero-order valence-corrected chi connectivity index (χ0v) is 14.8. The summed E-state index contributed by atoms with van der Waals surface area (Å²) in [6.45, 7) is 2.74. The minimum Gasteiger partial charge on any atom is -0.462 e. The lowest BCUT2D eigenvalue weighted by molar-refractivity contribution is 0.0523. The van der Waals surface area contributed by atoms with Gasteiger partial charge in [0, 0.05) is 13.1 Å². The molecule has 0 unspecified atom stereocenters. The number of carbonyl (C=O) groups excluding carboxylic acids is 1. The second-order valence-electron chi connectivity index (χ2n) is 6.05. The van der Waals surface area contributed by atoms with Crippen LogP contribution >= 0.6 is 0 Å². The van der Waals surface area contributed by atoms with E-state index in [1.165, 1.54) is 18.2 Å². The average Bonchev–Trinajstić information content (AvgIpc) is 2.69. The first kappa shape index (κ1) is 19.0. The molecule has 0 atom stereocenters. The van der Waals surface area contributed by atoms with Gasteiger partial charge in [0.2, 0.25) is 17.4 Å². The van der Waals surface area contributed by atoms with Gasteiger partial charge in [-0.15, -0.1) is 0 Å². The highest BCUT2D eigenvalue weighted by Gasteiger charge is 2.27. The molecular weight excluding hydrogens is 361 g/mol. The first-order valence-electron chi connectivity index (χ1n) is 8.76. The second kappa shape index (κ2) is 8.28. The maximum absolute atomic E-state index is 14.9. The number of hydrogen-bond donors (Lipinski definition) is 0. The van der Waals surface area contributed by atoms with Gasteiger partial charge in [0.05, 0.1) is 6.61 Å². The molecule has 1 aliphatic heterocycles. The van der Waals surface area contributed by atoms with E-state index in [1.54, 1.807) is 17.9 Å². The number of nitrogens with zero attached hydrogens (tertiary/aromatic N) is 2. The number of ether oxygens (including phenoxy) is 2. The van der Waals surface area contributed by atoms with Crippen LogP contribution in [-0.2, 0) is 4.74 Å². The van der Waals surface area contributed by atoms with Gasteiger partial charge in [-0.05, 0) is 38.3 Å². The van der Waals surface area contributed by atoms with Crippen LogP contribution in [-0.4, -0.2) is 30.6 Å². The van der Waals surface area contributed by atoms with Crippen LogP contribution in [0.15, 0.2) is 24.3 Å². The number of rotatable bonds is 5. The van der Waals surface area contributed by atoms with Crippen molar-refractivity contribution in [3.8, 4) is 11.5 Å². The minimum absolute atomic E-state index is 0.0186. The molecule has 1 aromatic heterocycles. The van der Waals surface area contributed by atoms with Crippen molar-refractivity contribution in [2.45, 2.75) is 26.2 Å². The van der Waals surface area contributed by atoms with Gasteiger partial charge >= 0.3 is 5.97 Å². The van der Waals surface area contributed by atoms with Crippen LogP contribution in [0.3, 0.4) is 0 Å². The van der Waals surface area contributed by atoms with Gasteiger partial charge in [-0.25, -0.2) is 4.79 Å². The van der Waals surface area contributed by atoms with Crippen LogP contribution in [0.2, 0.25) is 0 Å². The van der Waals surface area contributed by atoms with Crippen LogP contribution in [0, 0.1) is 17.6 Å². The Bertz CT molecular complexity index is 839. The standard InChI is InChI=1S/C19H19F3N2O3/c1-2-26-19(25)12-8-4-5-9-13(12)27-16-14(20)17(22)23-18(15(16)21)24-10-6-3-7-11-24/h4-5,8-9H,2-3,6-7,10-11H2,1H3. The van der Waals surface area contributed by atoms with E-state index < -0.39 is 29.3 Å². The smallest absolute Gasteiger partial charge is 0.341 e. The summed E-state index contributed by atoms with van der Waals surface area (Å²) in [6, 6.07) is 5.82. The second-order valence-corrected chi connectivity index (χ2v) is 6.05. The monoisotopic (exact) mass is 380 g/mol. The molecule has 5 nitrogen and oxygen atoms in total. The highest BCUT2D eigenvalue weighted by molar-refractivity contribution is 5.92. The lowest BCUT2D eigenvalue weighted by atomic mass is 10.1. The van der Waals surface area contributed by atoms with E-state index in [1.807, 2.05) is 0 Å². The Morgan fingerprint density at radius 2 is 1.81 bits per heavy atom. The number of benzene rings is 1. The quantitative estimate of drug-likeness (QED) is 0.566. The summed E-state index contributed by atoms with van der Waals surface area (Å²) in [5.41, 5.74) is -0.0186. The fourth-order valence-electron chi connectivity index (χ4n) is 2.93. The molecule has 27 heavy (non-hydrogen) atoms. The Morgan fingerprint density at radius 1 is 1.11 bits per heavy atom. The number of hydrogen-bond acceptors (Lipinski definition) is 5. The van der Waals surface area contributed by atoms with Crippen molar-refractivity contribution in [3.63, 3.8) is 0 Å². The summed E-state index contributed by atoms with van der Waals surface area (Å²) in [6.07, 6.45) is 2.60. The van der Waals surface area contributed by atoms with Gasteiger partial charge in [-0.1, -0.05) is 12.1 Å². The Labute approximate surface area is 154 Å². The molecule has 1 aromatic carbocycles. The highest BCUT2D eigenvalue weighted by Crippen LogP contribution is 2.35. The number of halogens is 3. The van der Waals surface area contributed by atoms with E-state index in [0.29, 0.717) is 13.1 Å². The number of pyridine rings is 1. The lowest BCUT2D eigenvalue weighted by Gasteiger charge is -2.28. The average molecular weight is 380 g/mol. The number of esters is 1. The summed E-state index contributed by atoms with van der Waals surface area (Å²) in [5.74, 6) is -6.18. The minimum atomic E-state index is -1.55. The van der Waals surface area contributed by atoms with Crippen molar-refractivity contribution in [2.24, 2.45) is 0 Å². The third-order valence-electron chi connectivity index (χ3n) is 4.23. The molecule has 2 aromatic rings. The van der Waals surface area contributed by atoms with Crippen molar-refractivity contribution in [2.75, 3.05) is 24.6 Å². The SMILES string of the molecule is CCOC(=O)c1ccccc1Oc1c(F)c(F)nc(N2CCCCC2)c1F. The summed E-state index contributed by atoms with van der Waals surface area (Å²) in [7, 11) is 0. The number of anilines is 1. The van der Waals surface area contributed by atoms with Crippen molar-refractivity contribution < 1.29 is 27.4 Å². The number of piperidine rings is 1. The summed E-state index contributed by atoms with van der Waals surface area (Å²) in [4.78, 5) is 17.0. The molecule has 8 heteroatoms. The van der Waals surface area contributed by atoms with E-state index in [2.05, 4.69) is 4.98 Å². The molecule has 144 valence electrons. The molecule has 0 radical (unpaired) electrons. The number of aromatic nitrogens is 1. The Balaban J connectivity index is 2.00. The Kier molecular flexibility index (Phi) is 5.83. The molecule has 3 rings (SSSR count). The number of para-hydroxylation sites is 1. The first-order chi connectivity index (χ1) is 13.0. The molecule has 0 N–H and O–H groups in total. The zero-order valence-electron chi connectivity index (χ0n) is 14.8. The van der Waals surface area contributed by atoms with Crippen LogP contribution in [0.25, 0.3) is 0 Å². The largest absolute Gasteiger partial charge is 0.462 e. The van der Waals surface area contributed by atoms with Crippen LogP contribution in [0.1, 0.15) is 36.5 Å². The zero-order chi connectivity index (χ0) is 19.4. The van der Waals surface area contributed by atoms with Gasteiger partial charge in [0.15, 0.2) is 5.82 Å². The normalized spacial score (nSPS) is 14.1. The fourth-order valence-corrected chi connectivity index (χ4v) is 2.93. The fraction of sp³-hybridized carbons (Fsp3) is 0.368. The van der Waals surface area contributed by atoms with Crippen molar-refractivity contribution in [3.05, 3.63) is 47.4 Å². The molecule has 1 aliphatic rings. The molecule has 0 aliphatic carbocycles. The van der Waals surface area contributed by atoms with E-state index in [0.717, 1.165) is 19.3 Å². The van der Waals surface area contributed by atoms with Crippen LogP contribution in [0.5, 0.6) is 11.5 Å². The lowest BCUT2D eigenvalue weighted by Crippen LogP contribution is -2.31. The van der Waals surface area contributed by atoms with Crippen molar-refractivity contribution in [1.82, 2.24) is 4.98 Å². The van der Waals surface area contributed by atoms with E-state index in [-0.39, 0.29) is 23.7 Å². The van der Waals surface area contributed by atoms with Crippen molar-refractivity contribution in [1.29, 1.82) is 0 Å². The van der Waals surface area contributed by atoms with Crippen LogP contribution in [0.4, 0.5) is 19.0 Å². The van der Waals surface area contributed by atoms with E-state index in [4.69, 9.17) is 9.47 Å². The highest BCUT2D eigenvalue weighted by atomic mass is 19.2. The Morgan fingerprint density at radius 3 is 2.52 bits per heavy atom. The molecule has 0 saturated carbocycles. The molecular formula is C19H19F3N2O3. The molecule has 0 bridgehead atoms. The predicted molar refractivity (Wildman–Crippen MR) is 92.6 cm³/mol. The maximum Gasteiger partial charge on any atom is 0.341 e. The topological polar surface area (TPSA) is 51.7 Å². The third-order valence-corrected chi connectivity index (χ3v) is 4.23. The van der Waals surface area contributed by atoms with Gasteiger partial charge in [0.1, 0.15) is 11.3 Å². The van der Waals surface area contributed by atoms with Gasteiger partial charge in [-0.2, -0.15) is 18.2 Å². The summed E-state index contributed by atoms with van der Waals surface area (Å²) >= 11 is 0. The summed E-state index contributed by atoms with van der Waals surface area (Å²) < 4.78 is 53.4. The molecule has 0 spiro atoms. The Hall–Kier alpha value is -2.77. The third kappa shape index (κ3) is 3.99. The maximum atomic E-state index is 14.9. The van der Waals surface area contributed by atoms with Gasteiger partial charge in [-0.3, -0.25) is 0 Å². The van der Waals surface area contributed by atoms with Crippen LogP contribution < -0.4 is 9.64 Å². The van der Waals surface area contributed by atoms with Gasteiger partial charge < -0.3 is 14.4 Å². The molecule has 1 saturated heterocycles. The predicted octanol–water partition coefficient (Wildman–Crippen LogP) is 4.46. The first-order valence-corrected chi connectivity index (χ1v) is 8.76. The number of carbonyl (C=O) groups is 1.